The van der Waals surface area contributed by atoms with E-state index in [9.17, 15) is 0 Å². The van der Waals surface area contributed by atoms with Crippen molar-refractivity contribution in [1.29, 1.82) is 0 Å². The van der Waals surface area contributed by atoms with E-state index in [0.29, 0.717) is 11.6 Å². The summed E-state index contributed by atoms with van der Waals surface area (Å²) in [5.41, 5.74) is 7.29. The highest BCUT2D eigenvalue weighted by molar-refractivity contribution is 7.97. The predicted molar refractivity (Wildman–Crippen MR) is 63.0 cm³/mol. The van der Waals surface area contributed by atoms with Crippen LogP contribution in [-0.2, 0) is 0 Å². The highest BCUT2D eigenvalue weighted by Gasteiger charge is 2.13. The van der Waals surface area contributed by atoms with Crippen molar-refractivity contribution in [3.05, 3.63) is 12.0 Å². The lowest BCUT2D eigenvalue weighted by Crippen LogP contribution is -2.00. The molecule has 15 heavy (non-hydrogen) atoms. The summed E-state index contributed by atoms with van der Waals surface area (Å²) < 4.78 is 3.68. The summed E-state index contributed by atoms with van der Waals surface area (Å²) >= 11 is 1.65. The highest BCUT2D eigenvalue weighted by Crippen LogP contribution is 2.19. The average Bonchev–Trinajstić information content (AvgIpc) is 2.70. The number of hydrogen-bond acceptors (Lipinski definition) is 4. The van der Waals surface area contributed by atoms with E-state index in [1.807, 2.05) is 10.3 Å². The van der Waals surface area contributed by atoms with Crippen LogP contribution in [0.2, 0.25) is 0 Å². The Labute approximate surface area is 92.8 Å². The first-order valence-electron chi connectivity index (χ1n) is 5.00. The fourth-order valence-electron chi connectivity index (χ4n) is 1.34. The van der Waals surface area contributed by atoms with Gasteiger partial charge in [0.1, 0.15) is 0 Å². The molecule has 0 aliphatic heterocycles. The summed E-state index contributed by atoms with van der Waals surface area (Å²) in [5.74, 6) is 2.13. The molecule has 82 valence electrons. The lowest BCUT2D eigenvalue weighted by atomic mass is 10.2. The van der Waals surface area contributed by atoms with E-state index >= 15 is 0 Å². The molecule has 2 aromatic rings. The van der Waals surface area contributed by atoms with E-state index in [1.54, 1.807) is 16.6 Å². The molecule has 0 saturated carbocycles. The number of anilines is 1. The van der Waals surface area contributed by atoms with Crippen molar-refractivity contribution in [2.75, 3.05) is 11.5 Å². The highest BCUT2D eigenvalue weighted by atomic mass is 32.2. The van der Waals surface area contributed by atoms with Crippen LogP contribution < -0.4 is 5.73 Å². The van der Waals surface area contributed by atoms with Crippen LogP contribution in [0.4, 0.5) is 5.69 Å². The molecular formula is C9H15N5S. The Morgan fingerprint density at radius 3 is 2.87 bits per heavy atom. The fraction of sp³-hybridized carbons (Fsp3) is 0.556. The van der Waals surface area contributed by atoms with Gasteiger partial charge in [-0.05, 0) is 11.9 Å². The molecule has 0 aliphatic carbocycles. The number of rotatable bonds is 3. The molecule has 2 aromatic heterocycles. The van der Waals surface area contributed by atoms with Gasteiger partial charge in [0.05, 0.1) is 11.9 Å². The summed E-state index contributed by atoms with van der Waals surface area (Å²) in [6, 6.07) is 0. The molecular weight excluding hydrogens is 210 g/mol. The SMILES string of the molecule is CCSn1cc(N)c2nc(C(C)C)nn21. The number of nitrogens with zero attached hydrogens (tertiary/aromatic N) is 4. The fourth-order valence-corrected chi connectivity index (χ4v) is 2.01. The van der Waals surface area contributed by atoms with Gasteiger partial charge in [0.2, 0.25) is 0 Å². The third-order valence-corrected chi connectivity index (χ3v) is 2.86. The van der Waals surface area contributed by atoms with Gasteiger partial charge in [0.25, 0.3) is 0 Å². The van der Waals surface area contributed by atoms with Gasteiger partial charge in [-0.2, -0.15) is 0 Å². The summed E-state index contributed by atoms with van der Waals surface area (Å²) in [5, 5.41) is 4.42. The Kier molecular flexibility index (Phi) is 2.60. The van der Waals surface area contributed by atoms with Crippen molar-refractivity contribution in [1.82, 2.24) is 18.8 Å². The topological polar surface area (TPSA) is 61.1 Å². The Morgan fingerprint density at radius 2 is 2.27 bits per heavy atom. The Morgan fingerprint density at radius 1 is 1.53 bits per heavy atom. The third kappa shape index (κ3) is 1.69. The molecule has 0 spiro atoms. The molecule has 0 atom stereocenters. The second kappa shape index (κ2) is 3.77. The first-order valence-corrected chi connectivity index (χ1v) is 5.94. The van der Waals surface area contributed by atoms with Gasteiger partial charge in [0.15, 0.2) is 11.5 Å². The minimum Gasteiger partial charge on any atom is -0.394 e. The van der Waals surface area contributed by atoms with Gasteiger partial charge in [0, 0.05) is 11.7 Å². The molecule has 5 nitrogen and oxygen atoms in total. The molecule has 2 N–H and O–H groups in total. The molecule has 0 aromatic carbocycles. The predicted octanol–water partition coefficient (Wildman–Crippen LogP) is 1.75. The molecule has 2 heterocycles. The molecule has 0 bridgehead atoms. The number of fused-ring (bicyclic) bond motifs is 1. The molecule has 0 unspecified atom stereocenters. The van der Waals surface area contributed by atoms with E-state index < -0.39 is 0 Å². The van der Waals surface area contributed by atoms with E-state index in [2.05, 4.69) is 30.9 Å². The lowest BCUT2D eigenvalue weighted by molar-refractivity contribution is 0.712. The van der Waals surface area contributed by atoms with Crippen molar-refractivity contribution < 1.29 is 0 Å². The zero-order chi connectivity index (χ0) is 11.0. The maximum atomic E-state index is 5.86. The zero-order valence-corrected chi connectivity index (χ0v) is 9.95. The first kappa shape index (κ1) is 10.4. The number of hydrogen-bond donors (Lipinski definition) is 1. The molecule has 0 aliphatic rings. The van der Waals surface area contributed by atoms with Crippen LogP contribution in [-0.4, -0.2) is 24.6 Å². The Bertz CT molecular complexity index is 470. The van der Waals surface area contributed by atoms with E-state index in [-0.39, 0.29) is 0 Å². The van der Waals surface area contributed by atoms with Crippen molar-refractivity contribution in [3.8, 4) is 0 Å². The molecule has 0 fully saturated rings. The Hall–Kier alpha value is -1.17. The van der Waals surface area contributed by atoms with Crippen LogP contribution >= 0.6 is 11.9 Å². The second-order valence-electron chi connectivity index (χ2n) is 3.64. The molecule has 0 radical (unpaired) electrons. The summed E-state index contributed by atoms with van der Waals surface area (Å²) in [6.07, 6.45) is 1.85. The largest absolute Gasteiger partial charge is 0.394 e. The minimum absolute atomic E-state index is 0.323. The van der Waals surface area contributed by atoms with Crippen LogP contribution in [0.1, 0.15) is 32.5 Å². The van der Waals surface area contributed by atoms with Crippen LogP contribution in [0.3, 0.4) is 0 Å². The van der Waals surface area contributed by atoms with Gasteiger partial charge in [-0.15, -0.1) is 9.73 Å². The Balaban J connectivity index is 2.54. The van der Waals surface area contributed by atoms with Crippen molar-refractivity contribution in [2.24, 2.45) is 0 Å². The maximum absolute atomic E-state index is 5.86. The maximum Gasteiger partial charge on any atom is 0.199 e. The third-order valence-electron chi connectivity index (χ3n) is 2.08. The first-order chi connectivity index (χ1) is 7.13. The van der Waals surface area contributed by atoms with E-state index in [4.69, 9.17) is 5.73 Å². The van der Waals surface area contributed by atoms with Crippen LogP contribution in [0.25, 0.3) is 5.65 Å². The van der Waals surface area contributed by atoms with Crippen LogP contribution in [0, 0.1) is 0 Å². The quantitative estimate of drug-likeness (QED) is 0.864. The molecule has 2 rings (SSSR count). The molecule has 6 heteroatoms. The average molecular weight is 225 g/mol. The lowest BCUT2D eigenvalue weighted by Gasteiger charge is -1.99. The zero-order valence-electron chi connectivity index (χ0n) is 9.14. The van der Waals surface area contributed by atoms with Gasteiger partial charge >= 0.3 is 0 Å². The van der Waals surface area contributed by atoms with Crippen molar-refractivity contribution in [2.45, 2.75) is 26.7 Å². The van der Waals surface area contributed by atoms with Gasteiger partial charge in [-0.25, -0.2) is 9.07 Å². The van der Waals surface area contributed by atoms with Crippen LogP contribution in [0.5, 0.6) is 0 Å². The van der Waals surface area contributed by atoms with Gasteiger partial charge in [-0.3, -0.25) is 0 Å². The van der Waals surface area contributed by atoms with Gasteiger partial charge < -0.3 is 5.73 Å². The normalized spacial score (nSPS) is 11.7. The van der Waals surface area contributed by atoms with Crippen molar-refractivity contribution >= 4 is 23.3 Å². The van der Waals surface area contributed by atoms with Gasteiger partial charge in [-0.1, -0.05) is 20.8 Å². The number of nitrogens with two attached hydrogens (primary N) is 1. The summed E-state index contributed by atoms with van der Waals surface area (Å²) in [7, 11) is 0. The van der Waals surface area contributed by atoms with Crippen LogP contribution in [0.15, 0.2) is 6.20 Å². The number of nitrogen functional groups attached to an aromatic ring is 1. The minimum atomic E-state index is 0.323. The molecule has 0 amide bonds. The summed E-state index contributed by atoms with van der Waals surface area (Å²) in [4.78, 5) is 4.41. The van der Waals surface area contributed by atoms with E-state index in [1.165, 1.54) is 0 Å². The smallest absolute Gasteiger partial charge is 0.199 e. The monoisotopic (exact) mass is 225 g/mol. The second-order valence-corrected chi connectivity index (χ2v) is 4.85. The summed E-state index contributed by atoms with van der Waals surface area (Å²) in [6.45, 7) is 6.23. The number of aromatic nitrogens is 4. The van der Waals surface area contributed by atoms with E-state index in [0.717, 1.165) is 17.2 Å². The van der Waals surface area contributed by atoms with Crippen molar-refractivity contribution in [3.63, 3.8) is 0 Å². The molecule has 0 saturated heterocycles. The standard InChI is InChI=1S/C9H15N5S/c1-4-15-13-5-7(10)9-11-8(6(2)3)12-14(9)13/h5-6H,4,10H2,1-3H3.